The summed E-state index contributed by atoms with van der Waals surface area (Å²) in [4.78, 5) is 2.09. The number of rotatable bonds is 4. The van der Waals surface area contributed by atoms with Crippen LogP contribution in [0.3, 0.4) is 0 Å². The molecular formula is C15H23NO3. The summed E-state index contributed by atoms with van der Waals surface area (Å²) < 4.78 is 5.36. The molecule has 0 aromatic heterocycles. The van der Waals surface area contributed by atoms with E-state index in [9.17, 15) is 10.2 Å². The Labute approximate surface area is 114 Å². The van der Waals surface area contributed by atoms with Gasteiger partial charge >= 0.3 is 0 Å². The number of benzene rings is 1. The zero-order chi connectivity index (χ0) is 13.9. The maximum atomic E-state index is 10.9. The van der Waals surface area contributed by atoms with Crippen molar-refractivity contribution in [3.8, 4) is 5.75 Å². The third-order valence-electron chi connectivity index (χ3n) is 3.85. The Balaban J connectivity index is 2.26. The number of hydrogen-bond donors (Lipinski definition) is 2. The maximum Gasteiger partial charge on any atom is 0.115 e. The third kappa shape index (κ3) is 3.47. The number of likely N-dealkylation sites (N-methyl/N-ethyl adjacent to an activating group) is 1. The Morgan fingerprint density at radius 2 is 1.79 bits per heavy atom. The van der Waals surface area contributed by atoms with E-state index >= 15 is 0 Å². The highest BCUT2D eigenvalue weighted by atomic mass is 16.5. The first-order chi connectivity index (χ1) is 9.01. The van der Waals surface area contributed by atoms with Crippen LogP contribution in [0.4, 0.5) is 0 Å². The van der Waals surface area contributed by atoms with Crippen molar-refractivity contribution in [2.45, 2.75) is 24.4 Å². The van der Waals surface area contributed by atoms with E-state index in [-0.39, 0.29) is 11.7 Å². The van der Waals surface area contributed by atoms with Gasteiger partial charge in [-0.2, -0.15) is 0 Å². The Kier molecular flexibility index (Phi) is 4.45. The van der Waals surface area contributed by atoms with Gasteiger partial charge in [-0.05, 0) is 31.8 Å². The van der Waals surface area contributed by atoms with Crippen LogP contribution in [0.25, 0.3) is 0 Å². The number of aliphatic hydroxyl groups is 1. The van der Waals surface area contributed by atoms with Crippen LogP contribution in [0.15, 0.2) is 24.3 Å². The van der Waals surface area contributed by atoms with Gasteiger partial charge in [-0.1, -0.05) is 12.1 Å². The first-order valence-corrected chi connectivity index (χ1v) is 6.75. The molecule has 1 aliphatic rings. The standard InChI is InChI=1S/C15H23NO3/c1-16(2)11-14(12-3-5-13(17)6-4-12)15(18)7-9-19-10-8-15/h3-6,14,17-18H,7-11H2,1-2H3. The van der Waals surface area contributed by atoms with Crippen molar-refractivity contribution in [1.82, 2.24) is 4.90 Å². The van der Waals surface area contributed by atoms with Gasteiger partial charge in [0.25, 0.3) is 0 Å². The molecule has 1 heterocycles. The molecule has 1 saturated heterocycles. The summed E-state index contributed by atoms with van der Waals surface area (Å²) in [6.07, 6.45) is 1.32. The zero-order valence-corrected chi connectivity index (χ0v) is 11.7. The van der Waals surface area contributed by atoms with E-state index in [0.29, 0.717) is 26.1 Å². The van der Waals surface area contributed by atoms with Crippen LogP contribution in [-0.4, -0.2) is 54.6 Å². The minimum Gasteiger partial charge on any atom is -0.508 e. The molecule has 0 bridgehead atoms. The number of ether oxygens (including phenoxy) is 1. The molecule has 2 N–H and O–H groups in total. The van der Waals surface area contributed by atoms with Crippen molar-refractivity contribution in [3.63, 3.8) is 0 Å². The summed E-state index contributed by atoms with van der Waals surface area (Å²) in [5.41, 5.74) is 0.343. The maximum absolute atomic E-state index is 10.9. The minimum atomic E-state index is -0.723. The van der Waals surface area contributed by atoms with Gasteiger partial charge in [0.05, 0.1) is 5.60 Å². The van der Waals surface area contributed by atoms with Gasteiger partial charge in [-0.15, -0.1) is 0 Å². The molecule has 0 radical (unpaired) electrons. The molecule has 1 atom stereocenters. The number of nitrogens with zero attached hydrogens (tertiary/aromatic N) is 1. The lowest BCUT2D eigenvalue weighted by molar-refractivity contribution is -0.0832. The highest BCUT2D eigenvalue weighted by Gasteiger charge is 2.39. The Hall–Kier alpha value is -1.10. The van der Waals surface area contributed by atoms with Crippen molar-refractivity contribution in [2.24, 2.45) is 0 Å². The fourth-order valence-corrected chi connectivity index (χ4v) is 2.73. The van der Waals surface area contributed by atoms with E-state index in [1.807, 2.05) is 26.2 Å². The lowest BCUT2D eigenvalue weighted by Crippen LogP contribution is -2.45. The van der Waals surface area contributed by atoms with Crippen LogP contribution < -0.4 is 0 Å². The van der Waals surface area contributed by atoms with Gasteiger partial charge < -0.3 is 19.8 Å². The van der Waals surface area contributed by atoms with Crippen LogP contribution in [0, 0.1) is 0 Å². The molecular weight excluding hydrogens is 242 g/mol. The predicted octanol–water partition coefficient (Wildman–Crippen LogP) is 1.58. The molecule has 0 aliphatic carbocycles. The summed E-state index contributed by atoms with van der Waals surface area (Å²) >= 11 is 0. The largest absolute Gasteiger partial charge is 0.508 e. The lowest BCUT2D eigenvalue weighted by Gasteiger charge is -2.40. The van der Waals surface area contributed by atoms with Gasteiger partial charge in [0.1, 0.15) is 5.75 Å². The quantitative estimate of drug-likeness (QED) is 0.868. The van der Waals surface area contributed by atoms with Crippen LogP contribution >= 0.6 is 0 Å². The molecule has 1 fully saturated rings. The second-order valence-corrected chi connectivity index (χ2v) is 5.62. The Morgan fingerprint density at radius 1 is 1.21 bits per heavy atom. The number of phenolic OH excluding ortho intramolecular Hbond substituents is 1. The second-order valence-electron chi connectivity index (χ2n) is 5.62. The highest BCUT2D eigenvalue weighted by molar-refractivity contribution is 5.30. The average Bonchev–Trinajstić information content (AvgIpc) is 2.38. The first kappa shape index (κ1) is 14.3. The van der Waals surface area contributed by atoms with E-state index in [1.54, 1.807) is 12.1 Å². The molecule has 1 aromatic rings. The van der Waals surface area contributed by atoms with Gasteiger partial charge in [-0.3, -0.25) is 0 Å². The number of hydrogen-bond acceptors (Lipinski definition) is 4. The minimum absolute atomic E-state index is 0.0343. The smallest absolute Gasteiger partial charge is 0.115 e. The van der Waals surface area contributed by atoms with Gasteiger partial charge in [-0.25, -0.2) is 0 Å². The van der Waals surface area contributed by atoms with E-state index in [4.69, 9.17) is 4.74 Å². The van der Waals surface area contributed by atoms with Crippen molar-refractivity contribution < 1.29 is 14.9 Å². The topological polar surface area (TPSA) is 52.9 Å². The lowest BCUT2D eigenvalue weighted by atomic mass is 9.77. The normalized spacial score (nSPS) is 20.4. The first-order valence-electron chi connectivity index (χ1n) is 6.75. The van der Waals surface area contributed by atoms with Crippen molar-refractivity contribution in [3.05, 3.63) is 29.8 Å². The summed E-state index contributed by atoms with van der Waals surface area (Å²) in [5, 5.41) is 20.3. The third-order valence-corrected chi connectivity index (χ3v) is 3.85. The van der Waals surface area contributed by atoms with Crippen molar-refractivity contribution in [2.75, 3.05) is 33.9 Å². The van der Waals surface area contributed by atoms with E-state index in [1.165, 1.54) is 0 Å². The number of phenols is 1. The molecule has 0 amide bonds. The molecule has 1 aromatic carbocycles. The van der Waals surface area contributed by atoms with Gasteiger partial charge in [0.15, 0.2) is 0 Å². The van der Waals surface area contributed by atoms with Gasteiger partial charge in [0, 0.05) is 38.5 Å². The summed E-state index contributed by atoms with van der Waals surface area (Å²) in [7, 11) is 4.02. The van der Waals surface area contributed by atoms with Crippen molar-refractivity contribution >= 4 is 0 Å². The molecule has 0 saturated carbocycles. The monoisotopic (exact) mass is 265 g/mol. The molecule has 106 valence electrons. The molecule has 2 rings (SSSR count). The Bertz CT molecular complexity index is 396. The van der Waals surface area contributed by atoms with Crippen molar-refractivity contribution in [1.29, 1.82) is 0 Å². The molecule has 4 heteroatoms. The summed E-state index contributed by atoms with van der Waals surface area (Å²) in [5.74, 6) is 0.290. The highest BCUT2D eigenvalue weighted by Crippen LogP contribution is 2.37. The van der Waals surface area contributed by atoms with Crippen LogP contribution in [0.2, 0.25) is 0 Å². The summed E-state index contributed by atoms with van der Waals surface area (Å²) in [6, 6.07) is 7.16. The molecule has 1 aliphatic heterocycles. The van der Waals surface area contributed by atoms with Gasteiger partial charge in [0.2, 0.25) is 0 Å². The van der Waals surface area contributed by atoms with E-state index < -0.39 is 5.60 Å². The molecule has 19 heavy (non-hydrogen) atoms. The fraction of sp³-hybridized carbons (Fsp3) is 0.600. The predicted molar refractivity (Wildman–Crippen MR) is 74.4 cm³/mol. The summed E-state index contributed by atoms with van der Waals surface area (Å²) in [6.45, 7) is 2.00. The van der Waals surface area contributed by atoms with Crippen LogP contribution in [0.1, 0.15) is 24.3 Å². The van der Waals surface area contributed by atoms with Crippen LogP contribution in [-0.2, 0) is 4.74 Å². The van der Waals surface area contributed by atoms with E-state index in [2.05, 4.69) is 4.90 Å². The number of aromatic hydroxyl groups is 1. The van der Waals surface area contributed by atoms with E-state index in [0.717, 1.165) is 12.1 Å². The zero-order valence-electron chi connectivity index (χ0n) is 11.7. The molecule has 0 spiro atoms. The molecule has 1 unspecified atom stereocenters. The SMILES string of the molecule is CN(C)CC(c1ccc(O)cc1)C1(O)CCOCC1. The van der Waals surface area contributed by atoms with Crippen LogP contribution in [0.5, 0.6) is 5.75 Å². The molecule has 4 nitrogen and oxygen atoms in total. The fourth-order valence-electron chi connectivity index (χ4n) is 2.73. The Morgan fingerprint density at radius 3 is 2.32 bits per heavy atom. The average molecular weight is 265 g/mol. The second kappa shape index (κ2) is 5.90.